The van der Waals surface area contributed by atoms with E-state index in [-0.39, 0.29) is 29.7 Å². The van der Waals surface area contributed by atoms with E-state index in [9.17, 15) is 23.1 Å². The third kappa shape index (κ3) is 5.53. The maximum atomic E-state index is 12.8. The van der Waals surface area contributed by atoms with Crippen molar-refractivity contribution < 1.29 is 23.1 Å². The minimum absolute atomic E-state index is 0.0104. The van der Waals surface area contributed by atoms with Crippen LogP contribution >= 0.6 is 11.6 Å². The molecule has 6 nitrogen and oxygen atoms in total. The standard InChI is InChI=1S/C22H20ClF3N4O2/c1-21(2,3)19(31)27-11-12-4-9-16(23)15(10-12)18-28-17(29-20(32)30-18)13-5-7-14(8-6-13)22(24,25)26/h4-10H,11H2,1-3H3,(H,27,31)(H,28,29,30,32). The van der Waals surface area contributed by atoms with E-state index < -0.39 is 23.2 Å². The van der Waals surface area contributed by atoms with Gasteiger partial charge in [0.05, 0.1) is 10.6 Å². The number of alkyl halides is 3. The quantitative estimate of drug-likeness (QED) is 0.551. The van der Waals surface area contributed by atoms with Crippen molar-refractivity contribution in [1.82, 2.24) is 20.3 Å². The predicted molar refractivity (Wildman–Crippen MR) is 114 cm³/mol. The highest BCUT2D eigenvalue weighted by molar-refractivity contribution is 6.33. The number of carbonyl (C=O) groups excluding carboxylic acids is 1. The maximum Gasteiger partial charge on any atom is 0.416 e. The summed E-state index contributed by atoms with van der Waals surface area (Å²) < 4.78 is 38.4. The van der Waals surface area contributed by atoms with Crippen molar-refractivity contribution >= 4 is 17.5 Å². The van der Waals surface area contributed by atoms with E-state index in [4.69, 9.17) is 11.6 Å². The SMILES string of the molecule is CC(C)(C)C(=O)NCc1ccc(Cl)c(-c2nc(O)nc(-c3ccc(C(F)(F)F)cc3)n2)c1. The van der Waals surface area contributed by atoms with Gasteiger partial charge >= 0.3 is 12.2 Å². The van der Waals surface area contributed by atoms with Crippen molar-refractivity contribution in [1.29, 1.82) is 0 Å². The van der Waals surface area contributed by atoms with Crippen LogP contribution in [0.3, 0.4) is 0 Å². The third-order valence-electron chi connectivity index (χ3n) is 4.50. The molecule has 168 valence electrons. The van der Waals surface area contributed by atoms with Crippen molar-refractivity contribution in [3.63, 3.8) is 0 Å². The molecule has 0 saturated carbocycles. The molecule has 2 aromatic carbocycles. The second-order valence-corrected chi connectivity index (χ2v) is 8.51. The highest BCUT2D eigenvalue weighted by atomic mass is 35.5. The Morgan fingerprint density at radius 3 is 2.22 bits per heavy atom. The van der Waals surface area contributed by atoms with E-state index in [0.717, 1.165) is 17.7 Å². The lowest BCUT2D eigenvalue weighted by molar-refractivity contribution is -0.137. The molecule has 3 aromatic rings. The Kier molecular flexibility index (Phi) is 6.41. The summed E-state index contributed by atoms with van der Waals surface area (Å²) in [5, 5.41) is 13.1. The summed E-state index contributed by atoms with van der Waals surface area (Å²) in [5.41, 5.74) is -0.00118. The van der Waals surface area contributed by atoms with Gasteiger partial charge in [0.15, 0.2) is 11.6 Å². The first-order chi connectivity index (χ1) is 14.8. The number of benzene rings is 2. The zero-order valence-corrected chi connectivity index (χ0v) is 18.2. The van der Waals surface area contributed by atoms with Gasteiger partial charge in [-0.1, -0.05) is 50.6 Å². The van der Waals surface area contributed by atoms with Crippen molar-refractivity contribution in [2.45, 2.75) is 33.5 Å². The largest absolute Gasteiger partial charge is 0.479 e. The summed E-state index contributed by atoms with van der Waals surface area (Å²) in [4.78, 5) is 24.1. The van der Waals surface area contributed by atoms with Crippen LogP contribution in [0.4, 0.5) is 13.2 Å². The van der Waals surface area contributed by atoms with Crippen LogP contribution in [0.2, 0.25) is 5.02 Å². The number of nitrogens with one attached hydrogen (secondary N) is 1. The topological polar surface area (TPSA) is 88.0 Å². The molecule has 1 amide bonds. The molecule has 0 atom stereocenters. The average molecular weight is 465 g/mol. The summed E-state index contributed by atoms with van der Waals surface area (Å²) in [6, 6.07) is 8.62. The minimum Gasteiger partial charge on any atom is -0.479 e. The zero-order chi connectivity index (χ0) is 23.7. The zero-order valence-electron chi connectivity index (χ0n) is 17.5. The van der Waals surface area contributed by atoms with Crippen LogP contribution in [-0.2, 0) is 17.5 Å². The minimum atomic E-state index is -4.47. The van der Waals surface area contributed by atoms with Gasteiger partial charge in [-0.3, -0.25) is 4.79 Å². The van der Waals surface area contributed by atoms with E-state index in [1.165, 1.54) is 12.1 Å². The van der Waals surface area contributed by atoms with E-state index >= 15 is 0 Å². The van der Waals surface area contributed by atoms with Gasteiger partial charge in [0.1, 0.15) is 0 Å². The molecule has 0 aliphatic rings. The summed E-state index contributed by atoms with van der Waals surface area (Å²) in [6.45, 7) is 5.63. The number of hydrogen-bond acceptors (Lipinski definition) is 5. The molecule has 32 heavy (non-hydrogen) atoms. The molecular weight excluding hydrogens is 445 g/mol. The van der Waals surface area contributed by atoms with Crippen LogP contribution < -0.4 is 5.32 Å². The number of nitrogens with zero attached hydrogens (tertiary/aromatic N) is 3. The lowest BCUT2D eigenvalue weighted by Crippen LogP contribution is -2.34. The van der Waals surface area contributed by atoms with Crippen LogP contribution in [0.5, 0.6) is 6.01 Å². The Balaban J connectivity index is 1.93. The molecule has 3 rings (SSSR count). The molecule has 0 fully saturated rings. The average Bonchev–Trinajstić information content (AvgIpc) is 2.71. The van der Waals surface area contributed by atoms with Gasteiger partial charge in [-0.15, -0.1) is 0 Å². The number of rotatable bonds is 4. The van der Waals surface area contributed by atoms with Crippen LogP contribution in [0.25, 0.3) is 22.8 Å². The summed E-state index contributed by atoms with van der Waals surface area (Å²) in [6.07, 6.45) is -4.47. The molecule has 0 radical (unpaired) electrons. The molecule has 0 aliphatic heterocycles. The second-order valence-electron chi connectivity index (χ2n) is 8.10. The van der Waals surface area contributed by atoms with Gasteiger partial charge < -0.3 is 10.4 Å². The van der Waals surface area contributed by atoms with Crippen molar-refractivity contribution in [2.75, 3.05) is 0 Å². The molecule has 0 bridgehead atoms. The molecule has 10 heteroatoms. The van der Waals surface area contributed by atoms with Gasteiger partial charge in [0.25, 0.3) is 0 Å². The number of aromatic hydroxyl groups is 1. The van der Waals surface area contributed by atoms with E-state index in [0.29, 0.717) is 10.6 Å². The fraction of sp³-hybridized carbons (Fsp3) is 0.273. The molecule has 0 saturated heterocycles. The Labute approximate surface area is 187 Å². The van der Waals surface area contributed by atoms with Crippen LogP contribution in [0.15, 0.2) is 42.5 Å². The first-order valence-electron chi connectivity index (χ1n) is 9.54. The fourth-order valence-corrected chi connectivity index (χ4v) is 2.93. The van der Waals surface area contributed by atoms with Gasteiger partial charge in [-0.05, 0) is 29.8 Å². The Morgan fingerprint density at radius 1 is 1.00 bits per heavy atom. The first-order valence-corrected chi connectivity index (χ1v) is 9.92. The number of carbonyl (C=O) groups is 1. The van der Waals surface area contributed by atoms with E-state index in [1.54, 1.807) is 39.0 Å². The number of hydrogen-bond donors (Lipinski definition) is 2. The smallest absolute Gasteiger partial charge is 0.416 e. The molecule has 2 N–H and O–H groups in total. The van der Waals surface area contributed by atoms with Crippen molar-refractivity contribution in [3.05, 3.63) is 58.6 Å². The molecule has 1 heterocycles. The Morgan fingerprint density at radius 2 is 1.62 bits per heavy atom. The fourth-order valence-electron chi connectivity index (χ4n) is 2.72. The molecule has 0 unspecified atom stereocenters. The van der Waals surface area contributed by atoms with Crippen molar-refractivity contribution in [2.24, 2.45) is 5.41 Å². The molecular formula is C22H20ClF3N4O2. The number of aromatic nitrogens is 3. The molecule has 1 aromatic heterocycles. The summed E-state index contributed by atoms with van der Waals surface area (Å²) in [7, 11) is 0. The number of amides is 1. The van der Waals surface area contributed by atoms with Gasteiger partial charge in [0.2, 0.25) is 5.91 Å². The summed E-state index contributed by atoms with van der Waals surface area (Å²) in [5.74, 6) is -0.0958. The van der Waals surface area contributed by atoms with E-state index in [1.807, 2.05) is 0 Å². The Hall–Kier alpha value is -3.20. The number of halogens is 4. The monoisotopic (exact) mass is 464 g/mol. The molecule has 0 aliphatic carbocycles. The highest BCUT2D eigenvalue weighted by Crippen LogP contribution is 2.32. The van der Waals surface area contributed by atoms with Crippen LogP contribution in [0, 0.1) is 5.41 Å². The highest BCUT2D eigenvalue weighted by Gasteiger charge is 2.30. The Bertz CT molecular complexity index is 1140. The first kappa shape index (κ1) is 23.5. The van der Waals surface area contributed by atoms with Gasteiger partial charge in [-0.25, -0.2) is 4.98 Å². The van der Waals surface area contributed by atoms with Crippen molar-refractivity contribution in [3.8, 4) is 28.8 Å². The third-order valence-corrected chi connectivity index (χ3v) is 4.83. The molecule has 0 spiro atoms. The predicted octanol–water partition coefficient (Wildman–Crippen LogP) is 5.25. The van der Waals surface area contributed by atoms with Gasteiger partial charge in [0, 0.05) is 23.1 Å². The lowest BCUT2D eigenvalue weighted by atomic mass is 9.95. The second kappa shape index (κ2) is 8.74. The van der Waals surface area contributed by atoms with Crippen LogP contribution in [0.1, 0.15) is 31.9 Å². The van der Waals surface area contributed by atoms with E-state index in [2.05, 4.69) is 20.3 Å². The maximum absolute atomic E-state index is 12.8. The normalized spacial score (nSPS) is 12.0. The van der Waals surface area contributed by atoms with Gasteiger partial charge in [-0.2, -0.15) is 23.1 Å². The van der Waals surface area contributed by atoms with Crippen LogP contribution in [-0.4, -0.2) is 26.0 Å². The lowest BCUT2D eigenvalue weighted by Gasteiger charge is -2.18. The summed E-state index contributed by atoms with van der Waals surface area (Å²) >= 11 is 6.29.